The number of ether oxygens (including phenoxy) is 3. The van der Waals surface area contributed by atoms with E-state index in [-0.39, 0.29) is 31.1 Å². The first-order valence-corrected chi connectivity index (χ1v) is 33.7. The molecule has 1 unspecified atom stereocenters. The maximum Gasteiger partial charge on any atom is 0.306 e. The van der Waals surface area contributed by atoms with Crippen LogP contribution in [0.25, 0.3) is 0 Å². The van der Waals surface area contributed by atoms with Gasteiger partial charge in [0.25, 0.3) is 0 Å². The van der Waals surface area contributed by atoms with Crippen molar-refractivity contribution in [2.45, 2.75) is 309 Å². The van der Waals surface area contributed by atoms with Gasteiger partial charge in [-0.25, -0.2) is 0 Å². The second-order valence-electron chi connectivity index (χ2n) is 22.0. The number of allylic oxidation sites excluding steroid dienone is 22. The van der Waals surface area contributed by atoms with Crippen LogP contribution >= 0.6 is 0 Å². The van der Waals surface area contributed by atoms with Crippen LogP contribution in [0.5, 0.6) is 0 Å². The molecule has 6 heteroatoms. The Kier molecular flexibility index (Phi) is 64.3. The topological polar surface area (TPSA) is 78.9 Å². The van der Waals surface area contributed by atoms with Crippen LogP contribution in [0.4, 0.5) is 0 Å². The van der Waals surface area contributed by atoms with E-state index in [0.717, 1.165) is 148 Å². The summed E-state index contributed by atoms with van der Waals surface area (Å²) in [7, 11) is 0. The highest BCUT2D eigenvalue weighted by molar-refractivity contribution is 5.71. The van der Waals surface area contributed by atoms with Crippen LogP contribution in [0.3, 0.4) is 0 Å². The lowest BCUT2D eigenvalue weighted by Gasteiger charge is -2.18. The van der Waals surface area contributed by atoms with Crippen LogP contribution in [-0.2, 0) is 28.6 Å². The monoisotopic (exact) mass is 1120 g/mol. The number of hydrogen-bond acceptors (Lipinski definition) is 6. The largest absolute Gasteiger partial charge is 0.462 e. The summed E-state index contributed by atoms with van der Waals surface area (Å²) in [5.74, 6) is -0.905. The highest BCUT2D eigenvalue weighted by Crippen LogP contribution is 2.16. The van der Waals surface area contributed by atoms with Gasteiger partial charge in [0.05, 0.1) is 0 Å². The Morgan fingerprint density at radius 3 is 0.753 bits per heavy atom. The SMILES string of the molecule is CC/C=C\C/C=C\C/C=C\C/C=C\C/C=C\C/C=C\C/C=C\C/C=C\CCCCCCCCC(=O)OCC(COC(=O)CCCCCCCCCCCCCCCCC)OC(=O)CCCCCCCCC/C=C\C/C=C\C/C=C\CC. The van der Waals surface area contributed by atoms with E-state index >= 15 is 0 Å². The number of hydrogen-bond donors (Lipinski definition) is 0. The zero-order valence-corrected chi connectivity index (χ0v) is 52.8. The molecule has 0 aliphatic heterocycles. The van der Waals surface area contributed by atoms with Crippen molar-refractivity contribution >= 4 is 17.9 Å². The standard InChI is InChI=1S/C75H124O6/c1-4-7-10-13-16-19-22-25-28-30-31-32-33-34-35-36-37-38-39-40-41-42-43-45-47-50-53-56-59-62-65-68-74(77)80-71-72(70-79-73(76)67-64-61-58-55-52-49-46-27-24-21-18-15-12-9-6-3)81-75(78)69-66-63-60-57-54-51-48-44-29-26-23-20-17-14-11-8-5-2/h7-8,10-11,16-17,19-20,25-26,28-29,31-32,34-35,37-38,40-41,43,45,72H,4-6,9,12-15,18,21-24,27,30,33,36,39,42,44,46-71H2,1-3H3/b10-7-,11-8-,19-16-,20-17-,28-25-,29-26-,32-31-,35-34-,38-37-,41-40-,45-43-. The van der Waals surface area contributed by atoms with Crippen LogP contribution in [0, 0.1) is 0 Å². The Labute approximate surface area is 500 Å². The van der Waals surface area contributed by atoms with E-state index in [1.54, 1.807) is 0 Å². The molecule has 0 amide bonds. The quantitative estimate of drug-likeness (QED) is 0.0261. The van der Waals surface area contributed by atoms with Crippen molar-refractivity contribution in [3.63, 3.8) is 0 Å². The highest BCUT2D eigenvalue weighted by atomic mass is 16.6. The summed E-state index contributed by atoms with van der Waals surface area (Å²) in [4.78, 5) is 38.4. The van der Waals surface area contributed by atoms with Crippen LogP contribution < -0.4 is 0 Å². The van der Waals surface area contributed by atoms with E-state index in [1.807, 2.05) is 0 Å². The predicted molar refractivity (Wildman–Crippen MR) is 353 cm³/mol. The van der Waals surface area contributed by atoms with Gasteiger partial charge in [0.15, 0.2) is 6.10 Å². The van der Waals surface area contributed by atoms with Gasteiger partial charge in [0, 0.05) is 19.3 Å². The minimum absolute atomic E-state index is 0.0872. The van der Waals surface area contributed by atoms with Crippen molar-refractivity contribution in [1.29, 1.82) is 0 Å². The summed E-state index contributed by atoms with van der Waals surface area (Å²) in [6, 6.07) is 0. The minimum Gasteiger partial charge on any atom is -0.462 e. The molecule has 1 atom stereocenters. The van der Waals surface area contributed by atoms with E-state index in [9.17, 15) is 14.4 Å². The highest BCUT2D eigenvalue weighted by Gasteiger charge is 2.19. The minimum atomic E-state index is -0.794. The molecule has 0 aliphatic carbocycles. The van der Waals surface area contributed by atoms with Gasteiger partial charge in [-0.1, -0.05) is 302 Å². The van der Waals surface area contributed by atoms with Crippen LogP contribution in [0.1, 0.15) is 303 Å². The predicted octanol–water partition coefficient (Wildman–Crippen LogP) is 23.3. The molecular weight excluding hydrogens is 997 g/mol. The fourth-order valence-corrected chi connectivity index (χ4v) is 9.18. The molecule has 460 valence electrons. The molecule has 0 aromatic rings. The Morgan fingerprint density at radius 2 is 0.481 bits per heavy atom. The molecule has 0 bridgehead atoms. The maximum absolute atomic E-state index is 12.9. The summed E-state index contributed by atoms with van der Waals surface area (Å²) >= 11 is 0. The van der Waals surface area contributed by atoms with Gasteiger partial charge in [-0.15, -0.1) is 0 Å². The van der Waals surface area contributed by atoms with Crippen molar-refractivity contribution < 1.29 is 28.6 Å². The van der Waals surface area contributed by atoms with E-state index < -0.39 is 6.10 Å². The number of rotatable bonds is 60. The van der Waals surface area contributed by atoms with Crippen molar-refractivity contribution in [3.8, 4) is 0 Å². The molecular formula is C75H124O6. The normalized spacial score (nSPS) is 13.0. The molecule has 81 heavy (non-hydrogen) atoms. The van der Waals surface area contributed by atoms with Gasteiger partial charge < -0.3 is 14.2 Å². The second-order valence-corrected chi connectivity index (χ2v) is 22.0. The summed E-state index contributed by atoms with van der Waals surface area (Å²) in [5, 5.41) is 0. The van der Waals surface area contributed by atoms with Crippen LogP contribution in [0.2, 0.25) is 0 Å². The van der Waals surface area contributed by atoms with Gasteiger partial charge in [-0.2, -0.15) is 0 Å². The maximum atomic E-state index is 12.9. The van der Waals surface area contributed by atoms with Crippen LogP contribution in [0.15, 0.2) is 134 Å². The molecule has 0 fully saturated rings. The third kappa shape index (κ3) is 66.2. The third-order valence-corrected chi connectivity index (χ3v) is 14.2. The lowest BCUT2D eigenvalue weighted by Crippen LogP contribution is -2.30. The average molecular weight is 1120 g/mol. The van der Waals surface area contributed by atoms with Gasteiger partial charge in [-0.05, 0) is 116 Å². The molecule has 0 radical (unpaired) electrons. The van der Waals surface area contributed by atoms with Crippen molar-refractivity contribution in [2.24, 2.45) is 0 Å². The first-order valence-electron chi connectivity index (χ1n) is 33.7. The first kappa shape index (κ1) is 76.5. The number of unbranched alkanes of at least 4 members (excludes halogenated alkanes) is 27. The fourth-order valence-electron chi connectivity index (χ4n) is 9.18. The lowest BCUT2D eigenvalue weighted by molar-refractivity contribution is -0.167. The zero-order valence-electron chi connectivity index (χ0n) is 52.8. The molecule has 0 aromatic heterocycles. The Balaban J connectivity index is 4.36. The van der Waals surface area contributed by atoms with E-state index in [0.29, 0.717) is 19.3 Å². The van der Waals surface area contributed by atoms with E-state index in [1.165, 1.54) is 116 Å². The molecule has 0 aromatic carbocycles. The fraction of sp³-hybridized carbons (Fsp3) is 0.667. The number of esters is 3. The van der Waals surface area contributed by atoms with E-state index in [4.69, 9.17) is 14.2 Å². The Hall–Kier alpha value is -4.45. The molecule has 0 saturated carbocycles. The summed E-state index contributed by atoms with van der Waals surface area (Å²) in [5.41, 5.74) is 0. The van der Waals surface area contributed by atoms with Crippen molar-refractivity contribution in [2.75, 3.05) is 13.2 Å². The molecule has 0 N–H and O–H groups in total. The van der Waals surface area contributed by atoms with Crippen LogP contribution in [-0.4, -0.2) is 37.2 Å². The second kappa shape index (κ2) is 68.1. The lowest BCUT2D eigenvalue weighted by atomic mass is 10.0. The number of carbonyl (C=O) groups is 3. The smallest absolute Gasteiger partial charge is 0.306 e. The van der Waals surface area contributed by atoms with Gasteiger partial charge in [-0.3, -0.25) is 14.4 Å². The average Bonchev–Trinajstić information content (AvgIpc) is 3.47. The summed E-state index contributed by atoms with van der Waals surface area (Å²) in [6.45, 7) is 6.42. The first-order chi connectivity index (χ1) is 40.0. The molecule has 0 rings (SSSR count). The van der Waals surface area contributed by atoms with Crippen molar-refractivity contribution in [1.82, 2.24) is 0 Å². The van der Waals surface area contributed by atoms with E-state index in [2.05, 4.69) is 154 Å². The Morgan fingerprint density at radius 1 is 0.259 bits per heavy atom. The summed E-state index contributed by atoms with van der Waals surface area (Å²) < 4.78 is 16.9. The Bertz CT molecular complexity index is 1720. The third-order valence-electron chi connectivity index (χ3n) is 14.2. The zero-order chi connectivity index (χ0) is 58.5. The molecule has 6 nitrogen and oxygen atoms in total. The molecule has 0 saturated heterocycles. The van der Waals surface area contributed by atoms with Gasteiger partial charge >= 0.3 is 17.9 Å². The molecule has 0 heterocycles. The van der Waals surface area contributed by atoms with Gasteiger partial charge in [0.2, 0.25) is 0 Å². The molecule has 0 spiro atoms. The van der Waals surface area contributed by atoms with Gasteiger partial charge in [0.1, 0.15) is 13.2 Å². The summed E-state index contributed by atoms with van der Waals surface area (Å²) in [6.07, 6.45) is 96.0. The van der Waals surface area contributed by atoms with Crippen molar-refractivity contribution in [3.05, 3.63) is 134 Å². The number of carbonyl (C=O) groups excluding carboxylic acids is 3. The molecule has 0 aliphatic rings.